The molecule has 0 bridgehead atoms. The molecule has 1 N–H and O–H groups in total. The van der Waals surface area contributed by atoms with Gasteiger partial charge in [-0.3, -0.25) is 9.78 Å². The number of anilines is 1. The molecule has 0 atom stereocenters. The molecule has 0 aliphatic rings. The van der Waals surface area contributed by atoms with Gasteiger partial charge in [0.05, 0.1) is 11.1 Å². The second-order valence-electron chi connectivity index (χ2n) is 6.54. The molecule has 0 aliphatic carbocycles. The Kier molecular flexibility index (Phi) is 4.84. The van der Waals surface area contributed by atoms with E-state index in [2.05, 4.69) is 27.2 Å². The third-order valence-electron chi connectivity index (χ3n) is 4.56. The van der Waals surface area contributed by atoms with Crippen LogP contribution in [0, 0.1) is 20.8 Å². The number of carbonyl (C=O) groups is 1. The Hall–Kier alpha value is -3.02. The first-order valence-electron chi connectivity index (χ1n) is 8.52. The lowest BCUT2D eigenvalue weighted by Crippen LogP contribution is -2.26. The van der Waals surface area contributed by atoms with Crippen LogP contribution in [0.3, 0.4) is 0 Å². The van der Waals surface area contributed by atoms with Crippen LogP contribution in [-0.4, -0.2) is 39.9 Å². The molecule has 1 amide bonds. The van der Waals surface area contributed by atoms with Crippen molar-refractivity contribution in [3.8, 4) is 0 Å². The van der Waals surface area contributed by atoms with E-state index in [1.165, 1.54) is 5.56 Å². The van der Waals surface area contributed by atoms with Gasteiger partial charge in [0.15, 0.2) is 0 Å². The molecular formula is C20H23N5O. The molecule has 6 heteroatoms. The van der Waals surface area contributed by atoms with Crippen LogP contribution in [0.15, 0.2) is 30.6 Å². The van der Waals surface area contributed by atoms with Crippen LogP contribution < -0.4 is 5.32 Å². The molecule has 0 saturated carbocycles. The molecule has 1 aromatic carbocycles. The number of hydrogen-bond acceptors (Lipinski definition) is 5. The van der Waals surface area contributed by atoms with Crippen LogP contribution in [-0.2, 0) is 6.54 Å². The van der Waals surface area contributed by atoms with Gasteiger partial charge in [-0.25, -0.2) is 9.97 Å². The van der Waals surface area contributed by atoms with Gasteiger partial charge in [0.2, 0.25) is 5.95 Å². The largest absolute Gasteiger partial charge is 0.357 e. The van der Waals surface area contributed by atoms with E-state index >= 15 is 0 Å². The number of nitrogens with zero attached hydrogens (tertiary/aromatic N) is 4. The molecule has 2 heterocycles. The van der Waals surface area contributed by atoms with Crippen molar-refractivity contribution in [2.24, 2.45) is 0 Å². The summed E-state index contributed by atoms with van der Waals surface area (Å²) in [6.45, 7) is 6.46. The number of pyridine rings is 1. The number of nitrogens with one attached hydrogen (secondary N) is 1. The number of fused-ring (bicyclic) bond motifs is 1. The highest BCUT2D eigenvalue weighted by Crippen LogP contribution is 2.25. The van der Waals surface area contributed by atoms with Gasteiger partial charge in [0, 0.05) is 49.7 Å². The molecule has 0 aliphatic heterocycles. The molecular weight excluding hydrogens is 326 g/mol. The maximum atomic E-state index is 13.1. The van der Waals surface area contributed by atoms with Gasteiger partial charge < -0.3 is 10.2 Å². The standard InChI is InChI=1S/C20H23N5O/c1-12-6-7-16-17(8-13(2)24-18(16)14(12)3)19(26)25(5)11-15-9-22-20(21-4)23-10-15/h6-10H,11H2,1-5H3,(H,21,22,23). The second-order valence-corrected chi connectivity index (χ2v) is 6.54. The molecule has 26 heavy (non-hydrogen) atoms. The normalized spacial score (nSPS) is 10.8. The van der Waals surface area contributed by atoms with Crippen molar-refractivity contribution in [3.05, 3.63) is 58.5 Å². The van der Waals surface area contributed by atoms with Crippen LogP contribution >= 0.6 is 0 Å². The Labute approximate surface area is 153 Å². The number of amides is 1. The lowest BCUT2D eigenvalue weighted by molar-refractivity contribution is 0.0786. The quantitative estimate of drug-likeness (QED) is 0.783. The molecule has 6 nitrogen and oxygen atoms in total. The van der Waals surface area contributed by atoms with E-state index in [4.69, 9.17) is 0 Å². The first-order chi connectivity index (χ1) is 12.4. The average molecular weight is 349 g/mol. The molecule has 0 radical (unpaired) electrons. The van der Waals surface area contributed by atoms with Crippen LogP contribution in [0.1, 0.15) is 32.7 Å². The summed E-state index contributed by atoms with van der Waals surface area (Å²) in [5.74, 6) is 0.519. The van der Waals surface area contributed by atoms with Gasteiger partial charge in [0.1, 0.15) is 0 Å². The fourth-order valence-corrected chi connectivity index (χ4v) is 2.95. The van der Waals surface area contributed by atoms with Crippen molar-refractivity contribution >= 4 is 22.8 Å². The molecule has 0 fully saturated rings. The fraction of sp³-hybridized carbons (Fsp3) is 0.300. The zero-order chi connectivity index (χ0) is 18.8. The molecule has 3 rings (SSSR count). The van der Waals surface area contributed by atoms with E-state index in [1.807, 2.05) is 32.0 Å². The van der Waals surface area contributed by atoms with Crippen molar-refractivity contribution in [2.75, 3.05) is 19.4 Å². The minimum absolute atomic E-state index is 0.0403. The van der Waals surface area contributed by atoms with Gasteiger partial charge in [-0.2, -0.15) is 0 Å². The zero-order valence-corrected chi connectivity index (χ0v) is 15.8. The molecule has 0 unspecified atom stereocenters. The molecule has 2 aromatic heterocycles. The summed E-state index contributed by atoms with van der Waals surface area (Å²) in [6.07, 6.45) is 3.46. The maximum Gasteiger partial charge on any atom is 0.254 e. The van der Waals surface area contributed by atoms with E-state index in [0.29, 0.717) is 18.1 Å². The fourth-order valence-electron chi connectivity index (χ4n) is 2.95. The third-order valence-corrected chi connectivity index (χ3v) is 4.56. The van der Waals surface area contributed by atoms with Gasteiger partial charge in [-0.05, 0) is 38.0 Å². The number of hydrogen-bond donors (Lipinski definition) is 1. The Bertz CT molecular complexity index is 966. The molecule has 134 valence electrons. The Balaban J connectivity index is 1.94. The minimum atomic E-state index is -0.0403. The van der Waals surface area contributed by atoms with Crippen molar-refractivity contribution in [2.45, 2.75) is 27.3 Å². The van der Waals surface area contributed by atoms with Crippen LogP contribution in [0.5, 0.6) is 0 Å². The predicted molar refractivity (Wildman–Crippen MR) is 103 cm³/mol. The number of carbonyl (C=O) groups excluding carboxylic acids is 1. The summed E-state index contributed by atoms with van der Waals surface area (Å²) in [6, 6.07) is 5.88. The highest BCUT2D eigenvalue weighted by atomic mass is 16.2. The summed E-state index contributed by atoms with van der Waals surface area (Å²) in [5.41, 5.74) is 5.56. The van der Waals surface area contributed by atoms with E-state index in [1.54, 1.807) is 31.4 Å². The number of aryl methyl sites for hydroxylation is 3. The van der Waals surface area contributed by atoms with Crippen LogP contribution in [0.25, 0.3) is 10.9 Å². The Morgan fingerprint density at radius 2 is 1.85 bits per heavy atom. The van der Waals surface area contributed by atoms with Crippen LogP contribution in [0.2, 0.25) is 0 Å². The smallest absolute Gasteiger partial charge is 0.254 e. The second kappa shape index (κ2) is 7.07. The summed E-state index contributed by atoms with van der Waals surface area (Å²) < 4.78 is 0. The monoisotopic (exact) mass is 349 g/mol. The van der Waals surface area contributed by atoms with Gasteiger partial charge >= 0.3 is 0 Å². The highest BCUT2D eigenvalue weighted by Gasteiger charge is 2.18. The minimum Gasteiger partial charge on any atom is -0.357 e. The highest BCUT2D eigenvalue weighted by molar-refractivity contribution is 6.06. The summed E-state index contributed by atoms with van der Waals surface area (Å²) in [5, 5.41) is 3.77. The van der Waals surface area contributed by atoms with Gasteiger partial charge in [-0.15, -0.1) is 0 Å². The van der Waals surface area contributed by atoms with Crippen molar-refractivity contribution < 1.29 is 4.79 Å². The van der Waals surface area contributed by atoms with E-state index in [0.717, 1.165) is 27.7 Å². The Morgan fingerprint density at radius 3 is 2.50 bits per heavy atom. The topological polar surface area (TPSA) is 71.0 Å². The SMILES string of the molecule is CNc1ncc(CN(C)C(=O)c2cc(C)nc3c(C)c(C)ccc23)cn1. The molecule has 0 spiro atoms. The van der Waals surface area contributed by atoms with Gasteiger partial charge in [0.25, 0.3) is 5.91 Å². The van der Waals surface area contributed by atoms with Crippen molar-refractivity contribution in [3.63, 3.8) is 0 Å². The lowest BCUT2D eigenvalue weighted by Gasteiger charge is -2.19. The lowest BCUT2D eigenvalue weighted by atomic mass is 10.0. The van der Waals surface area contributed by atoms with Gasteiger partial charge in [-0.1, -0.05) is 12.1 Å². The summed E-state index contributed by atoms with van der Waals surface area (Å²) in [4.78, 5) is 27.8. The molecule has 3 aromatic rings. The first-order valence-corrected chi connectivity index (χ1v) is 8.52. The summed E-state index contributed by atoms with van der Waals surface area (Å²) >= 11 is 0. The van der Waals surface area contributed by atoms with E-state index in [9.17, 15) is 4.79 Å². The van der Waals surface area contributed by atoms with Crippen molar-refractivity contribution in [1.82, 2.24) is 19.9 Å². The Morgan fingerprint density at radius 1 is 1.15 bits per heavy atom. The third kappa shape index (κ3) is 3.35. The zero-order valence-electron chi connectivity index (χ0n) is 15.8. The van der Waals surface area contributed by atoms with E-state index in [-0.39, 0.29) is 5.91 Å². The number of aromatic nitrogens is 3. The van der Waals surface area contributed by atoms with E-state index < -0.39 is 0 Å². The molecule has 0 saturated heterocycles. The van der Waals surface area contributed by atoms with Crippen LogP contribution in [0.4, 0.5) is 5.95 Å². The predicted octanol–water partition coefficient (Wildman–Crippen LogP) is 3.26. The number of rotatable bonds is 4. The first kappa shape index (κ1) is 17.8. The average Bonchev–Trinajstić information content (AvgIpc) is 2.64. The number of benzene rings is 1. The van der Waals surface area contributed by atoms with Crippen molar-refractivity contribution in [1.29, 1.82) is 0 Å². The maximum absolute atomic E-state index is 13.1. The summed E-state index contributed by atoms with van der Waals surface area (Å²) in [7, 11) is 3.56.